The third-order valence-electron chi connectivity index (χ3n) is 2.56. The summed E-state index contributed by atoms with van der Waals surface area (Å²) >= 11 is 0. The van der Waals surface area contributed by atoms with Gasteiger partial charge in [0.05, 0.1) is 0 Å². The molecule has 1 saturated carbocycles. The average molecular weight is 165 g/mol. The molecule has 1 aliphatic rings. The molecule has 12 heavy (non-hydrogen) atoms. The molecule has 68 valence electrons. The lowest BCUT2D eigenvalue weighted by atomic mass is 10.1. The minimum atomic E-state index is 0.832. The molecule has 0 amide bonds. The number of hydrogen-bond donors (Lipinski definition) is 0. The molecule has 1 unspecified atom stereocenters. The van der Waals surface area contributed by atoms with Gasteiger partial charge in [0.2, 0.25) is 0 Å². The van der Waals surface area contributed by atoms with Gasteiger partial charge in [-0.2, -0.15) is 0 Å². The van der Waals surface area contributed by atoms with Gasteiger partial charge in [-0.15, -0.1) is 0 Å². The van der Waals surface area contributed by atoms with Crippen LogP contribution in [-0.4, -0.2) is 12.3 Å². The van der Waals surface area contributed by atoms with Crippen molar-refractivity contribution in [3.63, 3.8) is 0 Å². The van der Waals surface area contributed by atoms with E-state index in [4.69, 9.17) is 0 Å². The Labute approximate surface area is 75.6 Å². The zero-order valence-corrected chi connectivity index (χ0v) is 8.65. The molecule has 1 rings (SSSR count). The number of hydrogen-bond acceptors (Lipinski definition) is 1. The Morgan fingerprint density at radius 3 is 2.42 bits per heavy atom. The predicted octanol–water partition coefficient (Wildman–Crippen LogP) is 3.21. The smallest absolute Gasteiger partial charge is 0.0374 e. The van der Waals surface area contributed by atoms with Crippen molar-refractivity contribution in [2.45, 2.75) is 40.5 Å². The van der Waals surface area contributed by atoms with Gasteiger partial charge in [0, 0.05) is 12.3 Å². The van der Waals surface area contributed by atoms with Crippen LogP contribution in [0.1, 0.15) is 40.5 Å². The monoisotopic (exact) mass is 165 g/mol. The van der Waals surface area contributed by atoms with Gasteiger partial charge in [-0.25, -0.2) is 0 Å². The van der Waals surface area contributed by atoms with Crippen LogP contribution in [0.25, 0.3) is 0 Å². The van der Waals surface area contributed by atoms with Crippen molar-refractivity contribution in [2.75, 3.05) is 6.54 Å². The van der Waals surface area contributed by atoms with Gasteiger partial charge in [-0.05, 0) is 38.2 Å². The van der Waals surface area contributed by atoms with Gasteiger partial charge >= 0.3 is 0 Å². The van der Waals surface area contributed by atoms with Gasteiger partial charge in [0.1, 0.15) is 0 Å². The van der Waals surface area contributed by atoms with Crippen molar-refractivity contribution in [3.8, 4) is 0 Å². The molecule has 0 heterocycles. The van der Waals surface area contributed by atoms with Crippen molar-refractivity contribution in [3.05, 3.63) is 11.1 Å². The third kappa shape index (κ3) is 1.96. The van der Waals surface area contributed by atoms with Gasteiger partial charge in [-0.3, -0.25) is 4.99 Å². The van der Waals surface area contributed by atoms with Crippen LogP contribution in [0.4, 0.5) is 0 Å². The summed E-state index contributed by atoms with van der Waals surface area (Å²) in [6, 6.07) is 0. The van der Waals surface area contributed by atoms with Gasteiger partial charge in [-0.1, -0.05) is 19.4 Å². The molecule has 0 N–H and O–H groups in total. The molecule has 0 saturated heterocycles. The third-order valence-corrected chi connectivity index (χ3v) is 2.56. The standard InChI is InChI=1S/C11H19N/c1-5-11(12-6-2)9(4)10-7-8(10)3/h8H,5-7H2,1-4H3. The summed E-state index contributed by atoms with van der Waals surface area (Å²) in [6.07, 6.45) is 2.38. The van der Waals surface area contributed by atoms with Crippen molar-refractivity contribution in [1.82, 2.24) is 0 Å². The van der Waals surface area contributed by atoms with Crippen molar-refractivity contribution < 1.29 is 0 Å². The largest absolute Gasteiger partial charge is 0.290 e. The molecular weight excluding hydrogens is 146 g/mol. The first-order chi connectivity index (χ1) is 5.70. The molecule has 1 aliphatic carbocycles. The Bertz CT molecular complexity index is 223. The lowest BCUT2D eigenvalue weighted by Crippen LogP contribution is -1.99. The van der Waals surface area contributed by atoms with E-state index in [0.717, 1.165) is 18.9 Å². The second-order valence-electron chi connectivity index (χ2n) is 3.53. The maximum absolute atomic E-state index is 4.50. The van der Waals surface area contributed by atoms with Crippen molar-refractivity contribution >= 4 is 5.71 Å². The van der Waals surface area contributed by atoms with E-state index < -0.39 is 0 Å². The Morgan fingerprint density at radius 1 is 1.50 bits per heavy atom. The highest BCUT2D eigenvalue weighted by molar-refractivity contribution is 6.00. The summed E-state index contributed by atoms with van der Waals surface area (Å²) in [5.74, 6) is 0.832. The lowest BCUT2D eigenvalue weighted by molar-refractivity contribution is 1.01. The zero-order valence-electron chi connectivity index (χ0n) is 8.65. The fourth-order valence-electron chi connectivity index (χ4n) is 1.67. The quantitative estimate of drug-likeness (QED) is 0.569. The molecule has 0 spiro atoms. The van der Waals surface area contributed by atoms with Crippen LogP contribution in [0.15, 0.2) is 16.1 Å². The van der Waals surface area contributed by atoms with Crippen LogP contribution in [0.3, 0.4) is 0 Å². The SMILES string of the molecule is CCN=C(CC)C(C)=C1CC1C. The zero-order chi connectivity index (χ0) is 9.14. The predicted molar refractivity (Wildman–Crippen MR) is 54.7 cm³/mol. The van der Waals surface area contributed by atoms with Crippen LogP contribution in [0, 0.1) is 5.92 Å². The van der Waals surface area contributed by atoms with Crippen LogP contribution in [0.5, 0.6) is 0 Å². The summed E-state index contributed by atoms with van der Waals surface area (Å²) in [4.78, 5) is 4.50. The second-order valence-corrected chi connectivity index (χ2v) is 3.53. The second kappa shape index (κ2) is 3.88. The number of nitrogens with zero attached hydrogens (tertiary/aromatic N) is 1. The average Bonchev–Trinajstić information content (AvgIpc) is 2.77. The lowest BCUT2D eigenvalue weighted by Gasteiger charge is -2.02. The maximum Gasteiger partial charge on any atom is 0.0374 e. The van der Waals surface area contributed by atoms with E-state index in [-0.39, 0.29) is 0 Å². The van der Waals surface area contributed by atoms with E-state index in [1.807, 2.05) is 0 Å². The number of aliphatic imine (C=N–C) groups is 1. The van der Waals surface area contributed by atoms with Crippen LogP contribution < -0.4 is 0 Å². The van der Waals surface area contributed by atoms with Crippen LogP contribution >= 0.6 is 0 Å². The minimum Gasteiger partial charge on any atom is -0.290 e. The fraction of sp³-hybridized carbons (Fsp3) is 0.727. The molecule has 0 aromatic rings. The van der Waals surface area contributed by atoms with Gasteiger partial charge in [0.25, 0.3) is 0 Å². The minimum absolute atomic E-state index is 0.832. The highest BCUT2D eigenvalue weighted by atomic mass is 14.7. The van der Waals surface area contributed by atoms with Crippen molar-refractivity contribution in [2.24, 2.45) is 10.9 Å². The summed E-state index contributed by atoms with van der Waals surface area (Å²) in [7, 11) is 0. The maximum atomic E-state index is 4.50. The highest BCUT2D eigenvalue weighted by Crippen LogP contribution is 2.40. The van der Waals surface area contributed by atoms with Crippen LogP contribution in [0.2, 0.25) is 0 Å². The van der Waals surface area contributed by atoms with Gasteiger partial charge < -0.3 is 0 Å². The summed E-state index contributed by atoms with van der Waals surface area (Å²) in [6.45, 7) is 9.71. The number of allylic oxidation sites excluding steroid dienone is 2. The number of rotatable bonds is 3. The molecule has 0 radical (unpaired) electrons. The Morgan fingerprint density at radius 2 is 2.08 bits per heavy atom. The van der Waals surface area contributed by atoms with E-state index in [1.54, 1.807) is 5.57 Å². The molecule has 1 nitrogen and oxygen atoms in total. The molecule has 0 aliphatic heterocycles. The molecule has 0 aromatic heterocycles. The topological polar surface area (TPSA) is 12.4 Å². The Kier molecular flexibility index (Phi) is 3.07. The molecular formula is C11H19N. The molecule has 0 aromatic carbocycles. The molecule has 1 atom stereocenters. The Balaban J connectivity index is 2.74. The fourth-order valence-corrected chi connectivity index (χ4v) is 1.67. The first-order valence-corrected chi connectivity index (χ1v) is 4.94. The van der Waals surface area contributed by atoms with Gasteiger partial charge in [0.15, 0.2) is 0 Å². The first-order valence-electron chi connectivity index (χ1n) is 4.94. The van der Waals surface area contributed by atoms with E-state index >= 15 is 0 Å². The Hall–Kier alpha value is -0.590. The molecule has 1 heteroatoms. The van der Waals surface area contributed by atoms with E-state index in [2.05, 4.69) is 32.7 Å². The summed E-state index contributed by atoms with van der Waals surface area (Å²) < 4.78 is 0. The van der Waals surface area contributed by atoms with Crippen molar-refractivity contribution in [1.29, 1.82) is 0 Å². The van der Waals surface area contributed by atoms with Crippen LogP contribution in [-0.2, 0) is 0 Å². The van der Waals surface area contributed by atoms with E-state index in [1.165, 1.54) is 17.7 Å². The normalized spacial score (nSPS) is 27.3. The van der Waals surface area contributed by atoms with E-state index in [0.29, 0.717) is 0 Å². The van der Waals surface area contributed by atoms with E-state index in [9.17, 15) is 0 Å². The highest BCUT2D eigenvalue weighted by Gasteiger charge is 2.27. The summed E-state index contributed by atoms with van der Waals surface area (Å²) in [5, 5.41) is 0. The molecule has 0 bridgehead atoms. The summed E-state index contributed by atoms with van der Waals surface area (Å²) in [5.41, 5.74) is 4.41. The molecule has 1 fully saturated rings. The first kappa shape index (κ1) is 9.50.